The fourth-order valence-corrected chi connectivity index (χ4v) is 4.14. The average molecular weight is 220 g/mol. The lowest BCUT2D eigenvalue weighted by Gasteiger charge is -2.28. The van der Waals surface area contributed by atoms with E-state index in [9.17, 15) is 4.79 Å². The van der Waals surface area contributed by atoms with E-state index in [4.69, 9.17) is 0 Å². The van der Waals surface area contributed by atoms with Crippen LogP contribution in [0.1, 0.15) is 58.3 Å². The Balaban J connectivity index is 1.51. The van der Waals surface area contributed by atoms with Crippen LogP contribution in [0.15, 0.2) is 0 Å². The highest BCUT2D eigenvalue weighted by Gasteiger charge is 2.48. The summed E-state index contributed by atoms with van der Waals surface area (Å²) in [5, 5.41) is 0. The Morgan fingerprint density at radius 2 is 1.56 bits per heavy atom. The van der Waals surface area contributed by atoms with Crippen molar-refractivity contribution in [3.05, 3.63) is 0 Å². The van der Waals surface area contributed by atoms with Gasteiger partial charge in [0, 0.05) is 11.8 Å². The van der Waals surface area contributed by atoms with Crippen molar-refractivity contribution in [2.75, 3.05) is 0 Å². The molecular weight excluding hydrogens is 196 g/mol. The maximum Gasteiger partial charge on any atom is 0.139 e. The first kappa shape index (κ1) is 10.8. The zero-order valence-electron chi connectivity index (χ0n) is 10.5. The van der Waals surface area contributed by atoms with Gasteiger partial charge in [-0.05, 0) is 62.7 Å². The normalized spacial score (nSPS) is 46.4. The van der Waals surface area contributed by atoms with Crippen LogP contribution in [0.25, 0.3) is 0 Å². The Morgan fingerprint density at radius 1 is 0.938 bits per heavy atom. The first-order chi connectivity index (χ1) is 7.78. The van der Waals surface area contributed by atoms with E-state index in [1.54, 1.807) is 0 Å². The fraction of sp³-hybridized carbons (Fsp3) is 0.933. The Kier molecular flexibility index (Phi) is 2.81. The number of hydrogen-bond donors (Lipinski definition) is 0. The predicted molar refractivity (Wildman–Crippen MR) is 65.1 cm³/mol. The van der Waals surface area contributed by atoms with Gasteiger partial charge < -0.3 is 0 Å². The molecule has 1 heteroatoms. The van der Waals surface area contributed by atoms with Gasteiger partial charge >= 0.3 is 0 Å². The third-order valence-electron chi connectivity index (χ3n) is 5.47. The summed E-state index contributed by atoms with van der Waals surface area (Å²) in [4.78, 5) is 12.4. The summed E-state index contributed by atoms with van der Waals surface area (Å²) in [5.41, 5.74) is 0. The quantitative estimate of drug-likeness (QED) is 0.706. The number of Topliss-reactive ketones (excluding diaryl/α,β-unsaturated/α-hetero) is 1. The van der Waals surface area contributed by atoms with Gasteiger partial charge in [-0.15, -0.1) is 0 Å². The van der Waals surface area contributed by atoms with Crippen LogP contribution in [0.2, 0.25) is 0 Å². The molecule has 0 aromatic rings. The molecule has 0 amide bonds. The Hall–Kier alpha value is -0.330. The van der Waals surface area contributed by atoms with E-state index in [-0.39, 0.29) is 0 Å². The van der Waals surface area contributed by atoms with Crippen LogP contribution in [-0.2, 0) is 4.79 Å². The monoisotopic (exact) mass is 220 g/mol. The molecule has 3 fully saturated rings. The number of ketones is 1. The van der Waals surface area contributed by atoms with Gasteiger partial charge in [0.1, 0.15) is 5.78 Å². The van der Waals surface area contributed by atoms with Gasteiger partial charge in [0.05, 0.1) is 0 Å². The third-order valence-corrected chi connectivity index (χ3v) is 5.47. The first-order valence-corrected chi connectivity index (χ1v) is 7.31. The Bertz CT molecular complexity index is 265. The molecule has 90 valence electrons. The summed E-state index contributed by atoms with van der Waals surface area (Å²) >= 11 is 0. The van der Waals surface area contributed by atoms with Crippen molar-refractivity contribution in [2.24, 2.45) is 29.6 Å². The molecule has 0 aromatic carbocycles. The highest BCUT2D eigenvalue weighted by molar-refractivity contribution is 5.84. The van der Waals surface area contributed by atoms with Crippen LogP contribution in [0.4, 0.5) is 0 Å². The second kappa shape index (κ2) is 4.16. The van der Waals surface area contributed by atoms with Crippen LogP contribution in [-0.4, -0.2) is 5.78 Å². The van der Waals surface area contributed by atoms with E-state index in [1.807, 2.05) is 0 Å². The second-order valence-corrected chi connectivity index (χ2v) is 6.45. The Labute approximate surface area is 99.0 Å². The summed E-state index contributed by atoms with van der Waals surface area (Å²) < 4.78 is 0. The molecule has 3 rings (SSSR count). The molecule has 0 heterocycles. The van der Waals surface area contributed by atoms with Gasteiger partial charge in [-0.25, -0.2) is 0 Å². The highest BCUT2D eigenvalue weighted by Crippen LogP contribution is 2.55. The molecule has 2 unspecified atom stereocenters. The smallest absolute Gasteiger partial charge is 0.139 e. The van der Waals surface area contributed by atoms with E-state index in [0.29, 0.717) is 17.6 Å². The fourth-order valence-electron chi connectivity index (χ4n) is 4.14. The maximum atomic E-state index is 12.4. The summed E-state index contributed by atoms with van der Waals surface area (Å²) in [7, 11) is 0. The van der Waals surface area contributed by atoms with Crippen LogP contribution >= 0.6 is 0 Å². The zero-order chi connectivity index (χ0) is 11.1. The third kappa shape index (κ3) is 1.94. The molecule has 0 bridgehead atoms. The van der Waals surface area contributed by atoms with Crippen LogP contribution in [0.5, 0.6) is 0 Å². The second-order valence-electron chi connectivity index (χ2n) is 6.45. The van der Waals surface area contributed by atoms with E-state index < -0.39 is 0 Å². The molecule has 3 aliphatic rings. The van der Waals surface area contributed by atoms with Gasteiger partial charge in [-0.1, -0.05) is 13.3 Å². The van der Waals surface area contributed by atoms with Crippen molar-refractivity contribution in [3.8, 4) is 0 Å². The molecule has 0 aromatic heterocycles. The highest BCUT2D eigenvalue weighted by atomic mass is 16.1. The molecular formula is C15H24O. The maximum absolute atomic E-state index is 12.4. The van der Waals surface area contributed by atoms with Gasteiger partial charge in [0.15, 0.2) is 0 Å². The lowest BCUT2D eigenvalue weighted by molar-refractivity contribution is -0.128. The number of fused-ring (bicyclic) bond motifs is 1. The Morgan fingerprint density at radius 3 is 2.12 bits per heavy atom. The average Bonchev–Trinajstić information content (AvgIpc) is 2.95. The first-order valence-electron chi connectivity index (χ1n) is 7.31. The molecule has 0 spiro atoms. The lowest BCUT2D eigenvalue weighted by Crippen LogP contribution is -2.27. The minimum atomic E-state index is 0.449. The van der Waals surface area contributed by atoms with E-state index in [2.05, 4.69) is 6.92 Å². The summed E-state index contributed by atoms with van der Waals surface area (Å²) in [5.74, 6) is 4.42. The van der Waals surface area contributed by atoms with Crippen molar-refractivity contribution in [1.29, 1.82) is 0 Å². The predicted octanol–water partition coefficient (Wildman–Crippen LogP) is 3.82. The molecule has 2 atom stereocenters. The van der Waals surface area contributed by atoms with E-state index >= 15 is 0 Å². The van der Waals surface area contributed by atoms with Crippen molar-refractivity contribution < 1.29 is 4.79 Å². The number of carbonyl (C=O) groups excluding carboxylic acids is 1. The van der Waals surface area contributed by atoms with Gasteiger partial charge in [-0.2, -0.15) is 0 Å². The SMILES string of the molecule is CCC1CCC(C(=O)C2CC3CC3C2)CC1. The van der Waals surface area contributed by atoms with Crippen molar-refractivity contribution in [2.45, 2.75) is 58.3 Å². The molecule has 0 aliphatic heterocycles. The van der Waals surface area contributed by atoms with Crippen molar-refractivity contribution in [1.82, 2.24) is 0 Å². The van der Waals surface area contributed by atoms with Gasteiger partial charge in [-0.3, -0.25) is 4.79 Å². The summed E-state index contributed by atoms with van der Waals surface area (Å²) in [6.07, 6.45) is 10.3. The summed E-state index contributed by atoms with van der Waals surface area (Å²) in [6, 6.07) is 0. The van der Waals surface area contributed by atoms with E-state index in [1.165, 1.54) is 51.4 Å². The van der Waals surface area contributed by atoms with Gasteiger partial charge in [0.2, 0.25) is 0 Å². The molecule has 0 saturated heterocycles. The number of hydrogen-bond acceptors (Lipinski definition) is 1. The van der Waals surface area contributed by atoms with Crippen molar-refractivity contribution in [3.63, 3.8) is 0 Å². The molecule has 16 heavy (non-hydrogen) atoms. The largest absolute Gasteiger partial charge is 0.299 e. The number of carbonyl (C=O) groups is 1. The molecule has 1 nitrogen and oxygen atoms in total. The lowest BCUT2D eigenvalue weighted by atomic mass is 9.76. The molecule has 0 N–H and O–H groups in total. The zero-order valence-corrected chi connectivity index (χ0v) is 10.5. The minimum Gasteiger partial charge on any atom is -0.299 e. The number of rotatable bonds is 3. The van der Waals surface area contributed by atoms with Crippen molar-refractivity contribution >= 4 is 5.78 Å². The minimum absolute atomic E-state index is 0.449. The van der Waals surface area contributed by atoms with Crippen LogP contribution < -0.4 is 0 Å². The topological polar surface area (TPSA) is 17.1 Å². The van der Waals surface area contributed by atoms with Gasteiger partial charge in [0.25, 0.3) is 0 Å². The molecule has 3 saturated carbocycles. The molecule has 0 radical (unpaired) electrons. The van der Waals surface area contributed by atoms with Crippen LogP contribution in [0, 0.1) is 29.6 Å². The summed E-state index contributed by atoms with van der Waals surface area (Å²) in [6.45, 7) is 2.29. The van der Waals surface area contributed by atoms with E-state index in [0.717, 1.165) is 17.8 Å². The van der Waals surface area contributed by atoms with Crippen LogP contribution in [0.3, 0.4) is 0 Å². The standard InChI is InChI=1S/C15H24O/c1-2-10-3-5-11(6-4-10)15(16)14-8-12-7-13(12)9-14/h10-14H,2-9H2,1H3. The molecule has 3 aliphatic carbocycles.